The molecule has 2 aliphatic rings. The molecule has 0 nitrogen and oxygen atoms in total. The number of hydrogen-bond donors (Lipinski definition) is 0. The molecule has 0 fully saturated rings. The monoisotopic (exact) mass is 614 g/mol. The summed E-state index contributed by atoms with van der Waals surface area (Å²) in [5, 5.41) is 0. The van der Waals surface area contributed by atoms with Crippen molar-refractivity contribution in [2.24, 2.45) is 0 Å². The third-order valence-electron chi connectivity index (χ3n) is 6.98. The second-order valence-electron chi connectivity index (χ2n) is 9.55. The molecule has 0 aliphatic heterocycles. The summed E-state index contributed by atoms with van der Waals surface area (Å²) >= 11 is -1.96. The Kier molecular flexibility index (Phi) is 8.48. The van der Waals surface area contributed by atoms with Crippen molar-refractivity contribution < 1.29 is 24.4 Å². The van der Waals surface area contributed by atoms with Gasteiger partial charge in [0, 0.05) is 0 Å². The van der Waals surface area contributed by atoms with Crippen molar-refractivity contribution in [2.45, 2.75) is 36.0 Å². The molecular weight excluding hydrogens is 585 g/mol. The average Bonchev–Trinajstić information content (AvgIpc) is 3.27. The van der Waals surface area contributed by atoms with Crippen LogP contribution < -0.4 is 0 Å². The van der Waals surface area contributed by atoms with Crippen molar-refractivity contribution in [2.75, 3.05) is 0 Å². The van der Waals surface area contributed by atoms with Crippen LogP contribution in [0.4, 0.5) is 8.78 Å². The summed E-state index contributed by atoms with van der Waals surface area (Å²) in [6.45, 7) is 4.51. The van der Waals surface area contributed by atoms with Crippen LogP contribution in [0.3, 0.4) is 0 Å². The number of allylic oxidation sites excluding steroid dienone is 8. The molecule has 0 amide bonds. The van der Waals surface area contributed by atoms with Gasteiger partial charge in [0.05, 0.1) is 0 Å². The first-order chi connectivity index (χ1) is 14.1. The summed E-state index contributed by atoms with van der Waals surface area (Å²) in [5.41, 5.74) is 7.56. The maximum atomic E-state index is 13.4. The zero-order valence-electron chi connectivity index (χ0n) is 19.0. The van der Waals surface area contributed by atoms with Crippen LogP contribution in [0, 0.1) is 11.6 Å². The number of rotatable bonds is 4. The molecule has 0 saturated carbocycles. The molecule has 32 heavy (non-hydrogen) atoms. The van der Waals surface area contributed by atoms with E-state index in [4.69, 9.17) is 0 Å². The van der Waals surface area contributed by atoms with Crippen LogP contribution in [-0.4, -0.2) is 12.1 Å². The fraction of sp³-hybridized carbons (Fsp3) is 0.231. The third-order valence-corrected chi connectivity index (χ3v) is 29.9. The summed E-state index contributed by atoms with van der Waals surface area (Å²) < 4.78 is 35.3. The van der Waals surface area contributed by atoms with Gasteiger partial charge in [-0.3, -0.25) is 0 Å². The summed E-state index contributed by atoms with van der Waals surface area (Å²) in [6, 6.07) is 13.8. The zero-order chi connectivity index (χ0) is 21.7. The Morgan fingerprint density at radius 3 is 1.28 bits per heavy atom. The molecule has 0 bridgehead atoms. The molecule has 2 aromatic carbocycles. The van der Waals surface area contributed by atoms with Crippen LogP contribution in [0.15, 0.2) is 78.4 Å². The van der Waals surface area contributed by atoms with E-state index in [1.165, 1.54) is 34.4 Å². The summed E-state index contributed by atoms with van der Waals surface area (Å²) in [6.07, 6.45) is 6.71. The van der Waals surface area contributed by atoms with E-state index in [1.807, 2.05) is 24.3 Å². The molecular formula is C26H30Cl2F2GeZr. The van der Waals surface area contributed by atoms with Crippen LogP contribution in [0.5, 0.6) is 0 Å². The minimum Gasteiger partial charge on any atom is -0.147 e. The molecule has 0 heterocycles. The molecule has 0 aromatic heterocycles. The van der Waals surface area contributed by atoms with Gasteiger partial charge in [-0.05, 0) is 0 Å². The first-order valence-electron chi connectivity index (χ1n) is 10.5. The average molecular weight is 615 g/mol. The van der Waals surface area contributed by atoms with Gasteiger partial charge in [0.2, 0.25) is 0 Å². The van der Waals surface area contributed by atoms with Crippen LogP contribution >= 0.6 is 24.8 Å². The standard InChI is InChI=1S/2C12H10F.2CH3.2ClH.GeH2.Zr/c2*1-9-3-2-4-12(9)10-5-7-11(13)8-6-10;;;;;;/h2*4-8H,2H2,1H3;2*1H3;2*1H;1H2;. The molecule has 0 unspecified atom stereocenters. The number of halogens is 4. The molecule has 4 rings (SSSR count). The van der Waals surface area contributed by atoms with Crippen molar-refractivity contribution in [3.8, 4) is 0 Å². The Bertz CT molecular complexity index is 1140. The van der Waals surface area contributed by atoms with Gasteiger partial charge in [0.15, 0.2) is 0 Å². The largest absolute Gasteiger partial charge is 0.147 e. The number of benzene rings is 2. The van der Waals surface area contributed by atoms with Crippen LogP contribution in [0.25, 0.3) is 11.1 Å². The molecule has 2 aliphatic carbocycles. The van der Waals surface area contributed by atoms with Gasteiger partial charge < -0.3 is 0 Å². The number of hydrogen-bond acceptors (Lipinski definition) is 0. The van der Waals surface area contributed by atoms with Crippen LogP contribution in [0.2, 0.25) is 9.26 Å². The maximum Gasteiger partial charge on any atom is -0.147 e. The minimum absolute atomic E-state index is 0. The molecule has 0 N–H and O–H groups in total. The van der Waals surface area contributed by atoms with E-state index in [0.29, 0.717) is 0 Å². The van der Waals surface area contributed by atoms with E-state index in [-0.39, 0.29) is 36.4 Å². The summed E-state index contributed by atoms with van der Waals surface area (Å²) in [7, 11) is 0. The van der Waals surface area contributed by atoms with Crippen molar-refractivity contribution in [1.82, 2.24) is 0 Å². The minimum atomic E-state index is -3.27. The van der Waals surface area contributed by atoms with E-state index in [2.05, 4.69) is 35.3 Å². The van der Waals surface area contributed by atoms with Gasteiger partial charge in [-0.1, -0.05) is 0 Å². The summed E-state index contributed by atoms with van der Waals surface area (Å²) in [5.74, 6) is -0.383. The Morgan fingerprint density at radius 1 is 0.656 bits per heavy atom. The van der Waals surface area contributed by atoms with Crippen molar-refractivity contribution >= 4 is 48.1 Å². The van der Waals surface area contributed by atoms with Crippen LogP contribution in [-0.2, 0) is 15.7 Å². The topological polar surface area (TPSA) is 0 Å². The molecule has 170 valence electrons. The van der Waals surface area contributed by atoms with E-state index in [9.17, 15) is 8.78 Å². The Morgan fingerprint density at radius 2 is 0.969 bits per heavy atom. The molecule has 0 saturated heterocycles. The Hall–Kier alpha value is -0.734. The Balaban J connectivity index is 0.00000181. The fourth-order valence-electron chi connectivity index (χ4n) is 5.31. The maximum absolute atomic E-state index is 13.4. The second-order valence-corrected chi connectivity index (χ2v) is 52.1. The molecule has 2 aromatic rings. The third kappa shape index (κ3) is 4.87. The van der Waals surface area contributed by atoms with Crippen molar-refractivity contribution in [3.05, 3.63) is 101 Å². The van der Waals surface area contributed by atoms with Gasteiger partial charge >= 0.3 is 185 Å². The molecule has 0 radical (unpaired) electrons. The SMILES string of the molecule is CC1=[C]([Zr]([CH3])([CH3])(=[GeH2])[C]2=C(C)C(c3ccc(F)cc3)=CC2)CC=C1c1ccc(F)cc1.Cl.Cl. The van der Waals surface area contributed by atoms with Gasteiger partial charge in [-0.25, -0.2) is 0 Å². The van der Waals surface area contributed by atoms with Crippen molar-refractivity contribution in [1.29, 1.82) is 0 Å². The van der Waals surface area contributed by atoms with Crippen molar-refractivity contribution in [3.63, 3.8) is 0 Å². The quantitative estimate of drug-likeness (QED) is 0.307. The predicted octanol–water partition coefficient (Wildman–Crippen LogP) is 7.96. The van der Waals surface area contributed by atoms with Gasteiger partial charge in [-0.15, -0.1) is 24.8 Å². The zero-order valence-corrected chi connectivity index (χ0v) is 26.0. The van der Waals surface area contributed by atoms with E-state index < -0.39 is 15.7 Å². The summed E-state index contributed by atoms with van der Waals surface area (Å²) in [4.78, 5) is 0. The van der Waals surface area contributed by atoms with E-state index >= 15 is 0 Å². The normalized spacial score (nSPS) is 16.5. The fourth-order valence-corrected chi connectivity index (χ4v) is 26.7. The molecule has 0 spiro atoms. The van der Waals surface area contributed by atoms with Crippen LogP contribution in [0.1, 0.15) is 37.8 Å². The van der Waals surface area contributed by atoms with E-state index in [1.54, 1.807) is 30.8 Å². The molecule has 6 heteroatoms. The van der Waals surface area contributed by atoms with Gasteiger partial charge in [0.1, 0.15) is 0 Å². The van der Waals surface area contributed by atoms with Gasteiger partial charge in [0.25, 0.3) is 0 Å². The smallest absolute Gasteiger partial charge is 0.147 e. The first-order valence-corrected chi connectivity index (χ1v) is 28.4. The predicted molar refractivity (Wildman–Crippen MR) is 138 cm³/mol. The first kappa shape index (κ1) is 27.5. The van der Waals surface area contributed by atoms with E-state index in [0.717, 1.165) is 24.0 Å². The Labute approximate surface area is 208 Å². The molecule has 0 atom stereocenters. The van der Waals surface area contributed by atoms with Gasteiger partial charge in [-0.2, -0.15) is 0 Å². The second kappa shape index (κ2) is 9.86.